The molecule has 1 unspecified atom stereocenters. The van der Waals surface area contributed by atoms with Gasteiger partial charge in [-0.2, -0.15) is 8.42 Å². The lowest BCUT2D eigenvalue weighted by Crippen LogP contribution is -2.39. The summed E-state index contributed by atoms with van der Waals surface area (Å²) in [5, 5.41) is 0. The Morgan fingerprint density at radius 3 is 2.83 bits per heavy atom. The molecule has 0 spiro atoms. The number of carbonyl (C=O) groups is 2. The van der Waals surface area contributed by atoms with Crippen molar-refractivity contribution in [2.24, 2.45) is 0 Å². The van der Waals surface area contributed by atoms with E-state index in [9.17, 15) is 18.0 Å². The number of hydrogen-bond acceptors (Lipinski definition) is 6. The van der Waals surface area contributed by atoms with E-state index in [1.807, 2.05) is 0 Å². The van der Waals surface area contributed by atoms with Crippen molar-refractivity contribution in [1.82, 2.24) is 14.3 Å². The van der Waals surface area contributed by atoms with E-state index in [0.29, 0.717) is 11.4 Å². The Morgan fingerprint density at radius 2 is 2.17 bits per heavy atom. The van der Waals surface area contributed by atoms with E-state index in [2.05, 4.69) is 9.71 Å². The molecule has 3 rings (SSSR count). The number of sulfonamides is 1. The fourth-order valence-corrected chi connectivity index (χ4v) is 4.82. The molecule has 7 nitrogen and oxygen atoms in total. The lowest BCUT2D eigenvalue weighted by Gasteiger charge is -2.24. The molecule has 23 heavy (non-hydrogen) atoms. The fourth-order valence-electron chi connectivity index (χ4n) is 2.50. The minimum Gasteiger partial charge on any atom is -0.333 e. The van der Waals surface area contributed by atoms with Crippen molar-refractivity contribution >= 4 is 33.1 Å². The minimum atomic E-state index is -4.00. The number of rotatable bonds is 3. The number of fused-ring (bicyclic) bond motifs is 1. The van der Waals surface area contributed by atoms with Gasteiger partial charge in [0.1, 0.15) is 6.04 Å². The molecule has 0 radical (unpaired) electrons. The van der Waals surface area contributed by atoms with E-state index in [4.69, 9.17) is 0 Å². The van der Waals surface area contributed by atoms with Crippen molar-refractivity contribution in [3.8, 4) is 0 Å². The first-order chi connectivity index (χ1) is 10.8. The molecule has 0 aromatic carbocycles. The zero-order valence-electron chi connectivity index (χ0n) is 12.6. The number of aromatic nitrogens is 2. The van der Waals surface area contributed by atoms with Gasteiger partial charge in [-0.15, -0.1) is 11.3 Å². The largest absolute Gasteiger partial charge is 0.333 e. The van der Waals surface area contributed by atoms with Gasteiger partial charge in [0.25, 0.3) is 15.9 Å². The van der Waals surface area contributed by atoms with Gasteiger partial charge in [0.05, 0.1) is 11.4 Å². The third kappa shape index (κ3) is 2.81. The van der Waals surface area contributed by atoms with E-state index in [1.54, 1.807) is 32.2 Å². The molecule has 0 bridgehead atoms. The lowest BCUT2D eigenvalue weighted by molar-refractivity contribution is -0.122. The molecule has 9 heteroatoms. The van der Waals surface area contributed by atoms with Gasteiger partial charge >= 0.3 is 0 Å². The van der Waals surface area contributed by atoms with Gasteiger partial charge in [-0.05, 0) is 32.4 Å². The van der Waals surface area contributed by atoms with Gasteiger partial charge in [-0.1, -0.05) is 0 Å². The number of amides is 1. The topological polar surface area (TPSA) is 98.1 Å². The number of aryl methyl sites for hydroxylation is 2. The van der Waals surface area contributed by atoms with Crippen LogP contribution >= 0.6 is 11.3 Å². The van der Waals surface area contributed by atoms with Gasteiger partial charge in [-0.25, -0.2) is 9.71 Å². The first kappa shape index (κ1) is 15.9. The predicted molar refractivity (Wildman–Crippen MR) is 84.0 cm³/mol. The summed E-state index contributed by atoms with van der Waals surface area (Å²) in [6.45, 7) is 3.48. The molecule has 2 aromatic rings. The average molecular weight is 353 g/mol. The van der Waals surface area contributed by atoms with Crippen LogP contribution in [-0.2, 0) is 14.8 Å². The first-order valence-electron chi connectivity index (χ1n) is 7.00. The summed E-state index contributed by atoms with van der Waals surface area (Å²) in [7, 11) is -4.00. The molecule has 2 aromatic heterocycles. The average Bonchev–Trinajstić information content (AvgIpc) is 3.07. The van der Waals surface area contributed by atoms with E-state index in [0.717, 1.165) is 16.2 Å². The first-order valence-corrected chi connectivity index (χ1v) is 9.30. The van der Waals surface area contributed by atoms with Crippen LogP contribution in [0.1, 0.15) is 39.9 Å². The molecular weight excluding hydrogens is 338 g/mol. The summed E-state index contributed by atoms with van der Waals surface area (Å²) in [5.41, 5.74) is 1.05. The van der Waals surface area contributed by atoms with Crippen LogP contribution in [0.15, 0.2) is 22.7 Å². The molecule has 0 aliphatic carbocycles. The SMILES string of the molecule is Cc1nc(S(=O)(=O)NC(=O)C2CCC(=O)c3cccn32)sc1C. The monoisotopic (exact) mass is 353 g/mol. The second kappa shape index (κ2) is 5.57. The summed E-state index contributed by atoms with van der Waals surface area (Å²) in [6, 6.07) is 2.58. The Kier molecular flexibility index (Phi) is 3.85. The molecule has 122 valence electrons. The van der Waals surface area contributed by atoms with E-state index in [1.165, 1.54) is 4.57 Å². The summed E-state index contributed by atoms with van der Waals surface area (Å²) in [5.74, 6) is -0.700. The van der Waals surface area contributed by atoms with Gasteiger partial charge in [0.15, 0.2) is 5.78 Å². The number of ketones is 1. The highest BCUT2D eigenvalue weighted by atomic mass is 32.2. The molecule has 1 N–H and O–H groups in total. The molecule has 0 fully saturated rings. The lowest BCUT2D eigenvalue weighted by atomic mass is 10.0. The fraction of sp³-hybridized carbons (Fsp3) is 0.357. The van der Waals surface area contributed by atoms with Crippen molar-refractivity contribution in [3.05, 3.63) is 34.6 Å². The smallest absolute Gasteiger partial charge is 0.291 e. The zero-order chi connectivity index (χ0) is 16.8. The molecule has 3 heterocycles. The number of nitrogens with zero attached hydrogens (tertiary/aromatic N) is 2. The van der Waals surface area contributed by atoms with Gasteiger partial charge in [-0.3, -0.25) is 9.59 Å². The van der Waals surface area contributed by atoms with Crippen molar-refractivity contribution in [3.63, 3.8) is 0 Å². The van der Waals surface area contributed by atoms with Crippen LogP contribution in [0.5, 0.6) is 0 Å². The van der Waals surface area contributed by atoms with Gasteiger partial charge in [0.2, 0.25) is 4.34 Å². The number of hydrogen-bond donors (Lipinski definition) is 1. The minimum absolute atomic E-state index is 0.0481. The highest BCUT2D eigenvalue weighted by Crippen LogP contribution is 2.26. The van der Waals surface area contributed by atoms with Crippen molar-refractivity contribution in [1.29, 1.82) is 0 Å². The molecule has 0 saturated heterocycles. The summed E-state index contributed by atoms with van der Waals surface area (Å²) in [4.78, 5) is 29.0. The molecule has 1 aliphatic rings. The maximum atomic E-state index is 12.4. The van der Waals surface area contributed by atoms with Crippen molar-refractivity contribution in [2.75, 3.05) is 0 Å². The van der Waals surface area contributed by atoms with Crippen LogP contribution in [0.2, 0.25) is 0 Å². The Bertz CT molecular complexity index is 876. The summed E-state index contributed by atoms with van der Waals surface area (Å²) in [6.07, 6.45) is 2.11. The van der Waals surface area contributed by atoms with E-state index in [-0.39, 0.29) is 23.0 Å². The quantitative estimate of drug-likeness (QED) is 0.903. The number of carbonyl (C=O) groups excluding carboxylic acids is 2. The van der Waals surface area contributed by atoms with E-state index >= 15 is 0 Å². The third-order valence-corrected chi connectivity index (χ3v) is 6.62. The Labute approximate surface area is 137 Å². The highest BCUT2D eigenvalue weighted by molar-refractivity contribution is 7.92. The van der Waals surface area contributed by atoms with Gasteiger partial charge in [0, 0.05) is 17.5 Å². The Balaban J connectivity index is 1.85. The van der Waals surface area contributed by atoms with Crippen LogP contribution in [-0.4, -0.2) is 29.7 Å². The number of thiazole rings is 1. The molecule has 1 amide bonds. The Morgan fingerprint density at radius 1 is 1.43 bits per heavy atom. The van der Waals surface area contributed by atoms with Gasteiger partial charge < -0.3 is 4.57 Å². The molecular formula is C14H15N3O4S2. The second-order valence-electron chi connectivity index (χ2n) is 5.37. The summed E-state index contributed by atoms with van der Waals surface area (Å²) >= 11 is 1.02. The molecule has 0 saturated carbocycles. The van der Waals surface area contributed by atoms with Crippen LogP contribution in [0.25, 0.3) is 0 Å². The van der Waals surface area contributed by atoms with Crippen molar-refractivity contribution < 1.29 is 18.0 Å². The second-order valence-corrected chi connectivity index (χ2v) is 8.43. The van der Waals surface area contributed by atoms with E-state index < -0.39 is 22.0 Å². The number of Topliss-reactive ketones (excluding diaryl/α,β-unsaturated/α-hetero) is 1. The standard InChI is InChI=1S/C14H15N3O4S2/c1-8-9(2)22-14(15-8)23(20,21)16-13(19)11-5-6-12(18)10-4-3-7-17(10)11/h3-4,7,11H,5-6H2,1-2H3,(H,16,19). The molecule has 1 aliphatic heterocycles. The zero-order valence-corrected chi connectivity index (χ0v) is 14.2. The summed E-state index contributed by atoms with van der Waals surface area (Å²) < 4.78 is 28.1. The third-order valence-electron chi connectivity index (χ3n) is 3.82. The van der Waals surface area contributed by atoms with Crippen LogP contribution in [0, 0.1) is 13.8 Å². The molecule has 1 atom stereocenters. The maximum absolute atomic E-state index is 12.4. The van der Waals surface area contributed by atoms with Crippen LogP contribution < -0.4 is 4.72 Å². The Hall–Kier alpha value is -2.00. The number of nitrogens with one attached hydrogen (secondary N) is 1. The predicted octanol–water partition coefficient (Wildman–Crippen LogP) is 1.58. The normalized spacial score (nSPS) is 17.8. The maximum Gasteiger partial charge on any atom is 0.291 e. The van der Waals surface area contributed by atoms with Crippen molar-refractivity contribution in [2.45, 2.75) is 37.1 Å². The van der Waals surface area contributed by atoms with Crippen LogP contribution in [0.3, 0.4) is 0 Å². The van der Waals surface area contributed by atoms with Crippen LogP contribution in [0.4, 0.5) is 0 Å². The highest BCUT2D eigenvalue weighted by Gasteiger charge is 2.32.